The predicted octanol–water partition coefficient (Wildman–Crippen LogP) is 5.07. The number of carbonyl (C=O) groups excluding carboxylic acids is 1. The maximum atomic E-state index is 11.1. The lowest BCUT2D eigenvalue weighted by Crippen LogP contribution is -2.07. The molecule has 166 valence electrons. The van der Waals surface area contributed by atoms with Gasteiger partial charge >= 0.3 is 5.97 Å². The molecule has 0 amide bonds. The van der Waals surface area contributed by atoms with E-state index in [2.05, 4.69) is 24.5 Å². The number of aromatic nitrogens is 5. The highest BCUT2D eigenvalue weighted by molar-refractivity contribution is 6.32. The van der Waals surface area contributed by atoms with Gasteiger partial charge in [0.2, 0.25) is 11.7 Å². The Morgan fingerprint density at radius 3 is 2.84 bits per heavy atom. The van der Waals surface area contributed by atoms with Gasteiger partial charge in [-0.2, -0.15) is 10.1 Å². The molecule has 0 atom stereocenters. The van der Waals surface area contributed by atoms with E-state index in [-0.39, 0.29) is 12.5 Å². The first-order chi connectivity index (χ1) is 15.4. The number of carbonyl (C=O) groups is 1. The summed E-state index contributed by atoms with van der Waals surface area (Å²) in [7, 11) is 0. The molecule has 0 saturated heterocycles. The van der Waals surface area contributed by atoms with E-state index in [4.69, 9.17) is 32.7 Å². The summed E-state index contributed by atoms with van der Waals surface area (Å²) >= 11 is 11.3. The third-order valence-corrected chi connectivity index (χ3v) is 4.93. The third kappa shape index (κ3) is 5.00. The van der Waals surface area contributed by atoms with Crippen LogP contribution >= 0.6 is 23.5 Å². The number of rotatable bonds is 8. The molecule has 4 aromatic rings. The van der Waals surface area contributed by atoms with Crippen LogP contribution in [-0.4, -0.2) is 37.0 Å². The Morgan fingerprint density at radius 1 is 1.25 bits per heavy atom. The Morgan fingerprint density at radius 2 is 2.09 bits per heavy atom. The van der Waals surface area contributed by atoms with Crippen LogP contribution in [0.2, 0.25) is 5.02 Å². The van der Waals surface area contributed by atoms with Gasteiger partial charge < -0.3 is 13.5 Å². The largest absolute Gasteiger partial charge is 0.474 e. The van der Waals surface area contributed by atoms with Crippen molar-refractivity contribution in [1.82, 2.24) is 24.9 Å². The maximum absolute atomic E-state index is 11.1. The van der Waals surface area contributed by atoms with Gasteiger partial charge in [-0.1, -0.05) is 16.8 Å². The summed E-state index contributed by atoms with van der Waals surface area (Å²) in [6.07, 6.45) is 4.22. The van der Waals surface area contributed by atoms with Gasteiger partial charge in [0.1, 0.15) is 16.9 Å². The van der Waals surface area contributed by atoms with Crippen LogP contribution in [0, 0.1) is 0 Å². The number of ether oxygens (including phenoxy) is 1. The number of hydrogen-bond donors (Lipinski definition) is 0. The van der Waals surface area contributed by atoms with E-state index < -0.39 is 5.97 Å². The Hall–Kier alpha value is -3.17. The number of benzene rings is 1. The molecule has 1 aromatic carbocycles. The molecule has 0 radical (unpaired) electrons. The topological polar surface area (TPSA) is 105 Å². The van der Waals surface area contributed by atoms with Gasteiger partial charge in [-0.25, -0.2) is 4.98 Å². The summed E-state index contributed by atoms with van der Waals surface area (Å²) < 4.78 is 16.9. The molecule has 32 heavy (non-hydrogen) atoms. The molecule has 0 N–H and O–H groups in total. The molecule has 0 aliphatic carbocycles. The Balaban J connectivity index is 1.51. The second-order valence-electron chi connectivity index (χ2n) is 7.32. The van der Waals surface area contributed by atoms with Crippen molar-refractivity contribution in [3.8, 4) is 28.7 Å². The van der Waals surface area contributed by atoms with Crippen molar-refractivity contribution in [3.63, 3.8) is 0 Å². The summed E-state index contributed by atoms with van der Waals surface area (Å²) in [6, 6.07) is 7.34. The van der Waals surface area contributed by atoms with E-state index in [1.807, 2.05) is 38.2 Å². The molecule has 4 rings (SSSR count). The first kappa shape index (κ1) is 22.0. The second kappa shape index (κ2) is 9.54. The SMILES string of the molecule is CC(C)Oc1ncc(-c2nc(-c3ccc4nn(CCCC(=O)OCl)cc4c3)no2)cc1Cl. The van der Waals surface area contributed by atoms with E-state index in [9.17, 15) is 4.79 Å². The number of pyridine rings is 1. The Bertz CT molecular complexity index is 1250. The van der Waals surface area contributed by atoms with Crippen molar-refractivity contribution in [2.45, 2.75) is 39.3 Å². The molecule has 3 heterocycles. The third-order valence-electron chi connectivity index (χ3n) is 4.49. The lowest BCUT2D eigenvalue weighted by Gasteiger charge is -2.09. The zero-order chi connectivity index (χ0) is 22.7. The molecule has 0 saturated carbocycles. The highest BCUT2D eigenvalue weighted by Crippen LogP contribution is 2.29. The van der Waals surface area contributed by atoms with Crippen LogP contribution in [0.1, 0.15) is 26.7 Å². The number of aryl methyl sites for hydroxylation is 1. The number of hydrogen-bond acceptors (Lipinski definition) is 8. The summed E-state index contributed by atoms with van der Waals surface area (Å²) in [5.41, 5.74) is 2.18. The van der Waals surface area contributed by atoms with E-state index in [1.54, 1.807) is 16.9 Å². The normalized spacial score (nSPS) is 11.3. The van der Waals surface area contributed by atoms with E-state index in [0.29, 0.717) is 41.1 Å². The van der Waals surface area contributed by atoms with Crippen LogP contribution in [0.25, 0.3) is 33.7 Å². The summed E-state index contributed by atoms with van der Waals surface area (Å²) in [4.78, 5) is 19.8. The molecule has 0 unspecified atom stereocenters. The molecule has 9 nitrogen and oxygen atoms in total. The van der Waals surface area contributed by atoms with Gasteiger partial charge in [-0.15, -0.1) is 0 Å². The highest BCUT2D eigenvalue weighted by Gasteiger charge is 2.15. The van der Waals surface area contributed by atoms with Crippen LogP contribution in [-0.2, 0) is 15.6 Å². The van der Waals surface area contributed by atoms with Crippen molar-refractivity contribution in [2.75, 3.05) is 0 Å². The Kier molecular flexibility index (Phi) is 6.57. The van der Waals surface area contributed by atoms with Crippen LogP contribution in [0.4, 0.5) is 0 Å². The number of fused-ring (bicyclic) bond motifs is 1. The average molecular weight is 476 g/mol. The highest BCUT2D eigenvalue weighted by atomic mass is 35.5. The lowest BCUT2D eigenvalue weighted by molar-refractivity contribution is -0.134. The molecule has 0 fully saturated rings. The van der Waals surface area contributed by atoms with Gasteiger partial charge in [0.05, 0.1) is 17.2 Å². The molecule has 3 aromatic heterocycles. The molecule has 0 bridgehead atoms. The minimum atomic E-state index is -0.461. The quantitative estimate of drug-likeness (QED) is 0.347. The zero-order valence-electron chi connectivity index (χ0n) is 17.3. The average Bonchev–Trinajstić information content (AvgIpc) is 3.41. The zero-order valence-corrected chi connectivity index (χ0v) is 18.8. The van der Waals surface area contributed by atoms with Crippen LogP contribution < -0.4 is 4.74 Å². The summed E-state index contributed by atoms with van der Waals surface area (Å²) in [5, 5.41) is 9.85. The maximum Gasteiger partial charge on any atom is 0.324 e. The number of halogens is 2. The first-order valence-corrected chi connectivity index (χ1v) is 10.6. The smallest absolute Gasteiger partial charge is 0.324 e. The van der Waals surface area contributed by atoms with E-state index >= 15 is 0 Å². The van der Waals surface area contributed by atoms with Gasteiger partial charge in [0.25, 0.3) is 5.89 Å². The standard InChI is InChI=1S/C21H19Cl2N5O4/c1-12(2)30-21-16(22)9-14(10-24-21)20-25-19(27-32-20)13-5-6-17-15(8-13)11-28(26-17)7-3-4-18(29)31-23/h5-6,8-12H,3-4,7H2,1-2H3. The fourth-order valence-corrected chi connectivity index (χ4v) is 3.35. The van der Waals surface area contributed by atoms with Crippen LogP contribution in [0.3, 0.4) is 0 Å². The summed E-state index contributed by atoms with van der Waals surface area (Å²) in [6.45, 7) is 4.36. The molecule has 11 heteroatoms. The van der Waals surface area contributed by atoms with Crippen molar-refractivity contribution < 1.29 is 18.3 Å². The second-order valence-corrected chi connectivity index (χ2v) is 7.88. The van der Waals surface area contributed by atoms with Crippen molar-refractivity contribution in [1.29, 1.82) is 0 Å². The van der Waals surface area contributed by atoms with E-state index in [1.165, 1.54) is 0 Å². The first-order valence-electron chi connectivity index (χ1n) is 9.88. The molecule has 0 aliphatic heterocycles. The van der Waals surface area contributed by atoms with Crippen molar-refractivity contribution in [2.24, 2.45) is 0 Å². The molecule has 0 spiro atoms. The fourth-order valence-electron chi connectivity index (χ4n) is 3.06. The lowest BCUT2D eigenvalue weighted by atomic mass is 10.1. The van der Waals surface area contributed by atoms with Gasteiger partial charge in [0.15, 0.2) is 0 Å². The van der Waals surface area contributed by atoms with Gasteiger partial charge in [-0.3, -0.25) is 9.48 Å². The summed E-state index contributed by atoms with van der Waals surface area (Å²) in [5.74, 6) is 0.620. The van der Waals surface area contributed by atoms with Crippen molar-refractivity contribution in [3.05, 3.63) is 41.7 Å². The molecular formula is C21H19Cl2N5O4. The van der Waals surface area contributed by atoms with Crippen LogP contribution in [0.5, 0.6) is 5.88 Å². The fraction of sp³-hybridized carbons (Fsp3) is 0.286. The van der Waals surface area contributed by atoms with Crippen molar-refractivity contribution >= 4 is 40.3 Å². The molecular weight excluding hydrogens is 457 g/mol. The monoisotopic (exact) mass is 475 g/mol. The van der Waals surface area contributed by atoms with Gasteiger partial charge in [0, 0.05) is 36.3 Å². The Labute approximate surface area is 193 Å². The molecule has 0 aliphatic rings. The van der Waals surface area contributed by atoms with Gasteiger partial charge in [-0.05, 0) is 44.5 Å². The van der Waals surface area contributed by atoms with E-state index in [0.717, 1.165) is 16.5 Å². The minimum Gasteiger partial charge on any atom is -0.474 e. The number of nitrogens with zero attached hydrogens (tertiary/aromatic N) is 5. The predicted molar refractivity (Wildman–Crippen MR) is 118 cm³/mol. The minimum absolute atomic E-state index is 0.0396. The van der Waals surface area contributed by atoms with Crippen LogP contribution in [0.15, 0.2) is 41.2 Å².